The minimum atomic E-state index is -0.432. The second kappa shape index (κ2) is 8.52. The molecule has 1 N–H and O–H groups in total. The molecule has 35 heavy (non-hydrogen) atoms. The lowest BCUT2D eigenvalue weighted by molar-refractivity contribution is -0.122. The molecule has 1 unspecified atom stereocenters. The summed E-state index contributed by atoms with van der Waals surface area (Å²) in [6.45, 7) is -0.198. The second-order valence-electron chi connectivity index (χ2n) is 8.35. The highest BCUT2D eigenvalue weighted by Crippen LogP contribution is 2.30. The number of hydrogen-bond acceptors (Lipinski definition) is 6. The second-order valence-corrected chi connectivity index (χ2v) is 8.78. The molecule has 0 saturated heterocycles. The Kier molecular flexibility index (Phi) is 5.18. The molecule has 0 bridgehead atoms. The van der Waals surface area contributed by atoms with Crippen molar-refractivity contribution in [2.45, 2.75) is 25.4 Å². The Balaban J connectivity index is 1.28. The third-order valence-electron chi connectivity index (χ3n) is 6.11. The van der Waals surface area contributed by atoms with Gasteiger partial charge in [0.25, 0.3) is 5.89 Å². The number of pyridine rings is 1. The van der Waals surface area contributed by atoms with Crippen molar-refractivity contribution in [2.75, 3.05) is 0 Å². The van der Waals surface area contributed by atoms with E-state index in [0.717, 1.165) is 23.1 Å². The number of rotatable bonds is 5. The van der Waals surface area contributed by atoms with Gasteiger partial charge in [0.1, 0.15) is 6.54 Å². The van der Waals surface area contributed by atoms with Crippen molar-refractivity contribution >= 4 is 23.2 Å². The van der Waals surface area contributed by atoms with E-state index in [-0.39, 0.29) is 24.4 Å². The van der Waals surface area contributed by atoms with Crippen molar-refractivity contribution in [2.24, 2.45) is 0 Å². The van der Waals surface area contributed by atoms with E-state index in [1.165, 1.54) is 9.96 Å². The molecule has 0 aliphatic heterocycles. The van der Waals surface area contributed by atoms with Gasteiger partial charge in [0.15, 0.2) is 5.65 Å². The standard InChI is InChI=1S/C25H19ClN6O3/c26-17-7-3-6-16(13-17)22-28-24(35-30-22)19-9-4-12-31-23(19)29-32(25(31)34)14-21(33)27-20-11-10-15-5-1-2-8-18(15)20/h1-9,12-13,20H,10-11,14H2,(H,27,33). The summed E-state index contributed by atoms with van der Waals surface area (Å²) < 4.78 is 7.96. The number of aromatic nitrogens is 5. The summed E-state index contributed by atoms with van der Waals surface area (Å²) in [7, 11) is 0. The Morgan fingerprint density at radius 3 is 2.91 bits per heavy atom. The van der Waals surface area contributed by atoms with Gasteiger partial charge >= 0.3 is 5.69 Å². The van der Waals surface area contributed by atoms with Crippen LogP contribution in [0.25, 0.3) is 28.5 Å². The molecular formula is C25H19ClN6O3. The Hall–Kier alpha value is -4.24. The normalized spacial score (nSPS) is 14.8. The van der Waals surface area contributed by atoms with Crippen LogP contribution in [0.15, 0.2) is 76.2 Å². The van der Waals surface area contributed by atoms with Crippen LogP contribution in [-0.2, 0) is 17.8 Å². The van der Waals surface area contributed by atoms with Gasteiger partial charge in [0, 0.05) is 16.8 Å². The summed E-state index contributed by atoms with van der Waals surface area (Å²) >= 11 is 6.07. The zero-order valence-electron chi connectivity index (χ0n) is 18.4. The monoisotopic (exact) mass is 486 g/mol. The van der Waals surface area contributed by atoms with Gasteiger partial charge in [-0.1, -0.05) is 53.2 Å². The van der Waals surface area contributed by atoms with Gasteiger partial charge in [-0.3, -0.25) is 4.79 Å². The van der Waals surface area contributed by atoms with Crippen molar-refractivity contribution in [1.82, 2.24) is 29.6 Å². The molecule has 0 radical (unpaired) electrons. The number of aryl methyl sites for hydroxylation is 1. The molecule has 1 atom stereocenters. The average molecular weight is 487 g/mol. The van der Waals surface area contributed by atoms with E-state index in [2.05, 4.69) is 26.6 Å². The van der Waals surface area contributed by atoms with Crippen LogP contribution in [0, 0.1) is 0 Å². The maximum absolute atomic E-state index is 12.9. The lowest BCUT2D eigenvalue weighted by Crippen LogP contribution is -2.34. The molecule has 1 amide bonds. The number of benzene rings is 2. The number of hydrogen-bond donors (Lipinski definition) is 1. The first-order valence-electron chi connectivity index (χ1n) is 11.1. The highest BCUT2D eigenvalue weighted by atomic mass is 35.5. The predicted octanol–water partition coefficient (Wildman–Crippen LogP) is 3.67. The highest BCUT2D eigenvalue weighted by Gasteiger charge is 2.24. The van der Waals surface area contributed by atoms with E-state index in [9.17, 15) is 9.59 Å². The molecule has 9 nitrogen and oxygen atoms in total. The lowest BCUT2D eigenvalue weighted by atomic mass is 10.1. The van der Waals surface area contributed by atoms with Gasteiger partial charge in [-0.25, -0.2) is 13.9 Å². The third kappa shape index (κ3) is 3.89. The molecule has 2 aromatic carbocycles. The Bertz CT molecular complexity index is 1640. The maximum atomic E-state index is 12.9. The molecule has 1 aliphatic rings. The third-order valence-corrected chi connectivity index (χ3v) is 6.35. The zero-order chi connectivity index (χ0) is 23.9. The largest absolute Gasteiger partial charge is 0.350 e. The van der Waals surface area contributed by atoms with Gasteiger partial charge in [-0.2, -0.15) is 4.98 Å². The highest BCUT2D eigenvalue weighted by molar-refractivity contribution is 6.30. The topological polar surface area (TPSA) is 107 Å². The number of amides is 1. The zero-order valence-corrected chi connectivity index (χ0v) is 19.1. The minimum absolute atomic E-state index is 0.0645. The first-order chi connectivity index (χ1) is 17.1. The van der Waals surface area contributed by atoms with E-state index in [4.69, 9.17) is 16.1 Å². The average Bonchev–Trinajstić information content (AvgIpc) is 3.58. The van der Waals surface area contributed by atoms with Crippen LogP contribution in [0.5, 0.6) is 0 Å². The van der Waals surface area contributed by atoms with E-state index >= 15 is 0 Å². The van der Waals surface area contributed by atoms with Crippen molar-refractivity contribution < 1.29 is 9.32 Å². The van der Waals surface area contributed by atoms with Gasteiger partial charge in [0.05, 0.1) is 11.6 Å². The van der Waals surface area contributed by atoms with Crippen LogP contribution < -0.4 is 11.0 Å². The van der Waals surface area contributed by atoms with E-state index in [1.54, 1.807) is 36.5 Å². The van der Waals surface area contributed by atoms with Crippen LogP contribution in [0.3, 0.4) is 0 Å². The molecule has 0 fully saturated rings. The first kappa shape index (κ1) is 21.3. The summed E-state index contributed by atoms with van der Waals surface area (Å²) in [4.78, 5) is 30.2. The van der Waals surface area contributed by atoms with Crippen LogP contribution in [0.2, 0.25) is 5.02 Å². The molecule has 10 heteroatoms. The van der Waals surface area contributed by atoms with Gasteiger partial charge in [-0.15, -0.1) is 5.10 Å². The fourth-order valence-corrected chi connectivity index (χ4v) is 4.66. The molecule has 0 saturated carbocycles. The summed E-state index contributed by atoms with van der Waals surface area (Å²) in [5.74, 6) is 0.289. The van der Waals surface area contributed by atoms with Crippen LogP contribution in [0.4, 0.5) is 0 Å². The predicted molar refractivity (Wildman–Crippen MR) is 129 cm³/mol. The minimum Gasteiger partial charge on any atom is -0.348 e. The lowest BCUT2D eigenvalue weighted by Gasteiger charge is -2.13. The number of carbonyl (C=O) groups excluding carboxylic acids is 1. The van der Waals surface area contributed by atoms with Crippen molar-refractivity contribution in [3.8, 4) is 22.8 Å². The molecule has 3 aromatic heterocycles. The molecule has 1 aliphatic carbocycles. The first-order valence-corrected chi connectivity index (χ1v) is 11.5. The Labute approximate surface area is 204 Å². The van der Waals surface area contributed by atoms with Crippen molar-refractivity contribution in [1.29, 1.82) is 0 Å². The molecule has 0 spiro atoms. The van der Waals surface area contributed by atoms with Crippen LogP contribution in [-0.4, -0.2) is 30.2 Å². The fourth-order valence-electron chi connectivity index (χ4n) is 4.47. The van der Waals surface area contributed by atoms with Crippen LogP contribution >= 0.6 is 11.6 Å². The summed E-state index contributed by atoms with van der Waals surface area (Å²) in [5.41, 5.74) is 3.43. The van der Waals surface area contributed by atoms with Crippen molar-refractivity contribution in [3.63, 3.8) is 0 Å². The quantitative estimate of drug-likeness (QED) is 0.406. The fraction of sp³-hybridized carbons (Fsp3) is 0.160. The van der Waals surface area contributed by atoms with Crippen LogP contribution in [0.1, 0.15) is 23.6 Å². The van der Waals surface area contributed by atoms with Gasteiger partial charge in [-0.05, 0) is 48.2 Å². The van der Waals surface area contributed by atoms with Gasteiger partial charge in [0.2, 0.25) is 11.7 Å². The SMILES string of the molecule is O=C(Cn1nc2c(-c3nc(-c4cccc(Cl)c4)no3)cccn2c1=O)NC1CCc2ccccc21. The summed E-state index contributed by atoms with van der Waals surface area (Å²) in [5, 5.41) is 12.0. The van der Waals surface area contributed by atoms with E-state index in [1.807, 2.05) is 24.3 Å². The molecule has 174 valence electrons. The molecular weight excluding hydrogens is 468 g/mol. The summed E-state index contributed by atoms with van der Waals surface area (Å²) in [6.07, 6.45) is 3.34. The van der Waals surface area contributed by atoms with Gasteiger partial charge < -0.3 is 9.84 Å². The molecule has 5 aromatic rings. The van der Waals surface area contributed by atoms with E-state index in [0.29, 0.717) is 27.6 Å². The van der Waals surface area contributed by atoms with Crippen molar-refractivity contribution in [3.05, 3.63) is 93.5 Å². The van der Waals surface area contributed by atoms with E-state index < -0.39 is 5.69 Å². The maximum Gasteiger partial charge on any atom is 0.350 e. The smallest absolute Gasteiger partial charge is 0.348 e. The molecule has 6 rings (SSSR count). The Morgan fingerprint density at radius 2 is 2.03 bits per heavy atom. The summed E-state index contributed by atoms with van der Waals surface area (Å²) in [6, 6.07) is 18.5. The number of halogens is 1. The number of nitrogens with one attached hydrogen (secondary N) is 1. The number of fused-ring (bicyclic) bond motifs is 2. The number of nitrogens with zero attached hydrogens (tertiary/aromatic N) is 5. The molecule has 3 heterocycles. The number of carbonyl (C=O) groups is 1. The Morgan fingerprint density at radius 1 is 1.14 bits per heavy atom.